The lowest BCUT2D eigenvalue weighted by atomic mass is 9.90. The number of halogens is 3. The van der Waals surface area contributed by atoms with Gasteiger partial charge in [0.1, 0.15) is 6.04 Å². The molecule has 3 rings (SSSR count). The molecular weight excluding hydrogens is 423 g/mol. The van der Waals surface area contributed by atoms with Crippen LogP contribution in [0.15, 0.2) is 72.9 Å². The number of aryl methyl sites for hydroxylation is 1. The second kappa shape index (κ2) is 9.51. The number of nitrogens with zero attached hydrogens (tertiary/aromatic N) is 2. The maximum atomic E-state index is 13.3. The molecule has 0 aliphatic heterocycles. The Hall–Kier alpha value is -3.88. The normalized spacial score (nSPS) is 13.6. The van der Waals surface area contributed by atoms with Crippen LogP contribution in [0.2, 0.25) is 0 Å². The first kappa shape index (κ1) is 22.8. The molecule has 0 spiro atoms. The molecule has 3 aromatic rings. The van der Waals surface area contributed by atoms with E-state index in [9.17, 15) is 27.9 Å². The van der Waals surface area contributed by atoms with Gasteiger partial charge in [0.05, 0.1) is 5.56 Å². The fraction of sp³-hybridized carbons (Fsp3) is 0.174. The minimum absolute atomic E-state index is 0.578. The summed E-state index contributed by atoms with van der Waals surface area (Å²) in [5, 5.41) is 15.4. The number of carboxylic acids is 1. The molecule has 32 heavy (non-hydrogen) atoms. The van der Waals surface area contributed by atoms with E-state index in [2.05, 4.69) is 10.4 Å². The molecule has 1 heterocycles. The summed E-state index contributed by atoms with van der Waals surface area (Å²) in [6.07, 6.45) is -0.643. The highest BCUT2D eigenvalue weighted by Gasteiger charge is 2.40. The molecule has 6 nitrogen and oxygen atoms in total. The van der Waals surface area contributed by atoms with E-state index < -0.39 is 41.3 Å². The van der Waals surface area contributed by atoms with Crippen LogP contribution in [0.1, 0.15) is 33.1 Å². The third kappa shape index (κ3) is 5.42. The van der Waals surface area contributed by atoms with Gasteiger partial charge in [0.25, 0.3) is 5.91 Å². The number of hydrogen-bond donors (Lipinski definition) is 2. The largest absolute Gasteiger partial charge is 0.480 e. The van der Waals surface area contributed by atoms with Crippen LogP contribution >= 0.6 is 0 Å². The number of carboxylic acid groups (broad SMARTS) is 1. The minimum atomic E-state index is -4.86. The maximum Gasteiger partial charge on any atom is 0.435 e. The zero-order valence-corrected chi connectivity index (χ0v) is 17.0. The van der Waals surface area contributed by atoms with Gasteiger partial charge in [0.2, 0.25) is 0 Å². The van der Waals surface area contributed by atoms with E-state index >= 15 is 0 Å². The van der Waals surface area contributed by atoms with Gasteiger partial charge in [-0.2, -0.15) is 18.3 Å². The molecule has 1 aromatic heterocycles. The van der Waals surface area contributed by atoms with Crippen molar-refractivity contribution >= 4 is 18.0 Å². The van der Waals surface area contributed by atoms with E-state index in [0.717, 1.165) is 16.4 Å². The summed E-state index contributed by atoms with van der Waals surface area (Å²) in [6, 6.07) is 16.1. The quantitative estimate of drug-likeness (QED) is 0.576. The number of carbonyl (C=O) groups is 2. The predicted octanol–water partition coefficient (Wildman–Crippen LogP) is 4.12. The first-order chi connectivity index (χ1) is 15.2. The van der Waals surface area contributed by atoms with Crippen molar-refractivity contribution in [3.8, 4) is 0 Å². The van der Waals surface area contributed by atoms with Gasteiger partial charge in [-0.3, -0.25) is 9.48 Å². The zero-order valence-electron chi connectivity index (χ0n) is 17.0. The standard InChI is InChI=1S/C23H20F3N3O3/c1-29-14-18(20(28-29)23(24,25)26)21(30)27-19(22(31)32)17(16-10-6-3-7-11-16)13-12-15-8-4-2-5-9-15/h2-14,17,19H,1H3,(H,27,30)(H,31,32)/b13-12+. The number of benzene rings is 2. The van der Waals surface area contributed by atoms with Gasteiger partial charge >= 0.3 is 12.1 Å². The third-order valence-corrected chi connectivity index (χ3v) is 4.73. The Morgan fingerprint density at radius 3 is 2.22 bits per heavy atom. The predicted molar refractivity (Wildman–Crippen MR) is 112 cm³/mol. The van der Waals surface area contributed by atoms with Crippen LogP contribution < -0.4 is 5.32 Å². The summed E-state index contributed by atoms with van der Waals surface area (Å²) in [7, 11) is 1.25. The van der Waals surface area contributed by atoms with Gasteiger partial charge in [-0.05, 0) is 11.1 Å². The third-order valence-electron chi connectivity index (χ3n) is 4.73. The van der Waals surface area contributed by atoms with Crippen LogP contribution in [0.25, 0.3) is 6.08 Å². The number of aliphatic carboxylic acids is 1. The number of rotatable bonds is 7. The van der Waals surface area contributed by atoms with Crippen LogP contribution in [0, 0.1) is 0 Å². The smallest absolute Gasteiger partial charge is 0.435 e. The molecule has 1 amide bonds. The number of amides is 1. The Labute approximate surface area is 182 Å². The highest BCUT2D eigenvalue weighted by molar-refractivity contribution is 5.97. The number of nitrogens with one attached hydrogen (secondary N) is 1. The first-order valence-corrected chi connectivity index (χ1v) is 9.59. The summed E-state index contributed by atoms with van der Waals surface area (Å²) < 4.78 is 40.7. The highest BCUT2D eigenvalue weighted by atomic mass is 19.4. The number of hydrogen-bond acceptors (Lipinski definition) is 3. The first-order valence-electron chi connectivity index (χ1n) is 9.59. The molecule has 166 valence electrons. The lowest BCUT2D eigenvalue weighted by Crippen LogP contribution is -2.44. The Morgan fingerprint density at radius 1 is 1.06 bits per heavy atom. The Kier molecular flexibility index (Phi) is 6.77. The van der Waals surface area contributed by atoms with Gasteiger partial charge in [0, 0.05) is 19.2 Å². The summed E-state index contributed by atoms with van der Waals surface area (Å²) in [5.74, 6) is -3.40. The van der Waals surface area contributed by atoms with Crippen molar-refractivity contribution in [2.45, 2.75) is 18.1 Å². The van der Waals surface area contributed by atoms with E-state index in [4.69, 9.17) is 0 Å². The van der Waals surface area contributed by atoms with Crippen LogP contribution in [0.5, 0.6) is 0 Å². The maximum absolute atomic E-state index is 13.3. The molecule has 2 atom stereocenters. The molecule has 0 aliphatic rings. The zero-order chi connectivity index (χ0) is 23.3. The summed E-state index contributed by atoms with van der Waals surface area (Å²) in [6.45, 7) is 0. The van der Waals surface area contributed by atoms with Crippen molar-refractivity contribution in [2.75, 3.05) is 0 Å². The molecule has 2 aromatic carbocycles. The van der Waals surface area contributed by atoms with Crippen LogP contribution in [-0.2, 0) is 18.0 Å². The lowest BCUT2D eigenvalue weighted by molar-refractivity contribution is -0.141. The van der Waals surface area contributed by atoms with Crippen molar-refractivity contribution in [2.24, 2.45) is 7.05 Å². The monoisotopic (exact) mass is 443 g/mol. The average molecular weight is 443 g/mol. The molecule has 0 bridgehead atoms. The number of aromatic nitrogens is 2. The highest BCUT2D eigenvalue weighted by Crippen LogP contribution is 2.31. The van der Waals surface area contributed by atoms with E-state index in [1.54, 1.807) is 42.5 Å². The van der Waals surface area contributed by atoms with Crippen molar-refractivity contribution in [3.63, 3.8) is 0 Å². The molecule has 0 aliphatic carbocycles. The van der Waals surface area contributed by atoms with Gasteiger partial charge in [-0.15, -0.1) is 0 Å². The fourth-order valence-corrected chi connectivity index (χ4v) is 3.26. The van der Waals surface area contributed by atoms with Gasteiger partial charge in [0.15, 0.2) is 5.69 Å². The molecule has 2 unspecified atom stereocenters. The van der Waals surface area contributed by atoms with Crippen LogP contribution in [0.3, 0.4) is 0 Å². The van der Waals surface area contributed by atoms with Crippen molar-refractivity contribution in [1.82, 2.24) is 15.1 Å². The van der Waals surface area contributed by atoms with Gasteiger partial charge in [-0.1, -0.05) is 72.8 Å². The van der Waals surface area contributed by atoms with Crippen molar-refractivity contribution in [3.05, 3.63) is 95.3 Å². The minimum Gasteiger partial charge on any atom is -0.480 e. The molecule has 0 saturated carbocycles. The lowest BCUT2D eigenvalue weighted by Gasteiger charge is -2.23. The SMILES string of the molecule is Cn1cc(C(=O)NC(C(=O)O)C(/C=C/c2ccccc2)c2ccccc2)c(C(F)(F)F)n1. The number of alkyl halides is 3. The molecule has 0 fully saturated rings. The van der Waals surface area contributed by atoms with E-state index in [0.29, 0.717) is 5.56 Å². The van der Waals surface area contributed by atoms with E-state index in [1.165, 1.54) is 7.05 Å². The fourth-order valence-electron chi connectivity index (χ4n) is 3.26. The average Bonchev–Trinajstić information content (AvgIpc) is 3.17. The van der Waals surface area contributed by atoms with Crippen LogP contribution in [-0.4, -0.2) is 32.8 Å². The number of carbonyl (C=O) groups excluding carboxylic acids is 1. The second-order valence-electron chi connectivity index (χ2n) is 7.06. The molecule has 0 saturated heterocycles. The van der Waals surface area contributed by atoms with Crippen molar-refractivity contribution in [1.29, 1.82) is 0 Å². The summed E-state index contributed by atoms with van der Waals surface area (Å²) in [4.78, 5) is 24.8. The Bertz CT molecular complexity index is 1110. The van der Waals surface area contributed by atoms with E-state index in [-0.39, 0.29) is 0 Å². The molecule has 9 heteroatoms. The van der Waals surface area contributed by atoms with Crippen molar-refractivity contribution < 1.29 is 27.9 Å². The molecular formula is C23H20F3N3O3. The van der Waals surface area contributed by atoms with E-state index in [1.807, 2.05) is 30.3 Å². The molecule has 2 N–H and O–H groups in total. The van der Waals surface area contributed by atoms with Gasteiger partial charge < -0.3 is 10.4 Å². The summed E-state index contributed by atoms with van der Waals surface area (Å²) >= 11 is 0. The second-order valence-corrected chi connectivity index (χ2v) is 7.06. The molecule has 0 radical (unpaired) electrons. The van der Waals surface area contributed by atoms with Gasteiger partial charge in [-0.25, -0.2) is 4.79 Å². The Morgan fingerprint density at radius 2 is 1.66 bits per heavy atom. The topological polar surface area (TPSA) is 84.2 Å². The Balaban J connectivity index is 1.97. The van der Waals surface area contributed by atoms with Crippen LogP contribution in [0.4, 0.5) is 13.2 Å². The summed E-state index contributed by atoms with van der Waals surface area (Å²) in [5.41, 5.74) is -0.743.